The molecule has 2 aromatic carbocycles. The van der Waals surface area contributed by atoms with Crippen molar-refractivity contribution in [2.75, 3.05) is 7.11 Å². The van der Waals surface area contributed by atoms with Crippen LogP contribution in [0.3, 0.4) is 0 Å². The minimum Gasteiger partial charge on any atom is -0.497 e. The lowest BCUT2D eigenvalue weighted by molar-refractivity contribution is 0.414. The number of nitrogens with zero attached hydrogens (tertiary/aromatic N) is 2. The molecule has 0 spiro atoms. The van der Waals surface area contributed by atoms with Gasteiger partial charge in [0.2, 0.25) is 5.88 Å². The van der Waals surface area contributed by atoms with Crippen LogP contribution in [0, 0.1) is 3.95 Å². The van der Waals surface area contributed by atoms with Crippen LogP contribution in [0.15, 0.2) is 77.8 Å². The third-order valence-corrected chi connectivity index (χ3v) is 5.62. The van der Waals surface area contributed by atoms with Gasteiger partial charge >= 0.3 is 0 Å². The highest BCUT2D eigenvalue weighted by Gasteiger charge is 2.09. The first-order valence-electron chi connectivity index (χ1n) is 9.15. The number of rotatable bonds is 8. The van der Waals surface area contributed by atoms with E-state index < -0.39 is 0 Å². The SMILES string of the molecule is COc1ccc(N=CC=CC=Cc2sc(=S)n(CCc3ccccc3)c2O)cc1. The van der Waals surface area contributed by atoms with E-state index in [-0.39, 0.29) is 5.88 Å². The van der Waals surface area contributed by atoms with Crippen LogP contribution in [-0.2, 0) is 13.0 Å². The van der Waals surface area contributed by atoms with Crippen LogP contribution in [0.1, 0.15) is 10.4 Å². The molecule has 0 amide bonds. The Kier molecular flexibility index (Phi) is 7.55. The number of hydrogen-bond donors (Lipinski definition) is 1. The normalized spacial score (nSPS) is 11.8. The van der Waals surface area contributed by atoms with Crippen LogP contribution >= 0.6 is 23.6 Å². The second-order valence-corrected chi connectivity index (χ2v) is 7.84. The zero-order valence-electron chi connectivity index (χ0n) is 16.1. The van der Waals surface area contributed by atoms with Gasteiger partial charge in [-0.25, -0.2) is 0 Å². The number of aromatic hydroxyl groups is 1. The second kappa shape index (κ2) is 10.5. The number of methoxy groups -OCH3 is 1. The zero-order valence-corrected chi connectivity index (χ0v) is 17.7. The fraction of sp³-hybridized carbons (Fsp3) is 0.130. The van der Waals surface area contributed by atoms with E-state index in [0.717, 1.165) is 22.7 Å². The summed E-state index contributed by atoms with van der Waals surface area (Å²) in [4.78, 5) is 5.10. The number of aryl methyl sites for hydroxylation is 1. The molecule has 0 radical (unpaired) electrons. The Bertz CT molecular complexity index is 1060. The van der Waals surface area contributed by atoms with Crippen molar-refractivity contribution in [2.45, 2.75) is 13.0 Å². The smallest absolute Gasteiger partial charge is 0.210 e. The average molecular weight is 423 g/mol. The van der Waals surface area contributed by atoms with Crippen LogP contribution in [0.5, 0.6) is 11.6 Å². The van der Waals surface area contributed by atoms with Crippen molar-refractivity contribution >= 4 is 41.5 Å². The van der Waals surface area contributed by atoms with E-state index in [9.17, 15) is 5.11 Å². The molecule has 1 aromatic heterocycles. The summed E-state index contributed by atoms with van der Waals surface area (Å²) in [6, 6.07) is 17.7. The van der Waals surface area contributed by atoms with Gasteiger partial charge in [-0.1, -0.05) is 42.5 Å². The van der Waals surface area contributed by atoms with Crippen molar-refractivity contribution in [3.05, 3.63) is 87.2 Å². The summed E-state index contributed by atoms with van der Waals surface area (Å²) in [6.07, 6.45) is 9.96. The highest BCUT2D eigenvalue weighted by Crippen LogP contribution is 2.27. The van der Waals surface area contributed by atoms with Gasteiger partial charge < -0.3 is 9.84 Å². The van der Waals surface area contributed by atoms with Gasteiger partial charge in [0.05, 0.1) is 17.7 Å². The van der Waals surface area contributed by atoms with Crippen LogP contribution in [0.25, 0.3) is 6.08 Å². The summed E-state index contributed by atoms with van der Waals surface area (Å²) in [6.45, 7) is 0.656. The Balaban J connectivity index is 1.58. The first-order chi connectivity index (χ1) is 14.2. The molecule has 0 fully saturated rings. The number of ether oxygens (including phenoxy) is 1. The molecule has 29 heavy (non-hydrogen) atoms. The summed E-state index contributed by atoms with van der Waals surface area (Å²) < 4.78 is 7.57. The van der Waals surface area contributed by atoms with Gasteiger partial charge in [-0.15, -0.1) is 11.3 Å². The first-order valence-corrected chi connectivity index (χ1v) is 10.4. The highest BCUT2D eigenvalue weighted by atomic mass is 32.1. The molecule has 0 aliphatic heterocycles. The van der Waals surface area contributed by atoms with Gasteiger partial charge in [0.15, 0.2) is 3.95 Å². The summed E-state index contributed by atoms with van der Waals surface area (Å²) in [5.74, 6) is 1.02. The maximum atomic E-state index is 10.5. The molecule has 0 bridgehead atoms. The predicted molar refractivity (Wildman–Crippen MR) is 124 cm³/mol. The van der Waals surface area contributed by atoms with Gasteiger partial charge in [-0.05, 0) is 60.6 Å². The molecular weight excluding hydrogens is 400 g/mol. The number of benzene rings is 2. The molecule has 0 saturated carbocycles. The van der Waals surface area contributed by atoms with E-state index in [1.54, 1.807) is 17.9 Å². The summed E-state index contributed by atoms with van der Waals surface area (Å²) in [5.41, 5.74) is 2.07. The largest absolute Gasteiger partial charge is 0.497 e. The van der Waals surface area contributed by atoms with Gasteiger partial charge in [0.25, 0.3) is 0 Å². The Hall–Kier alpha value is -2.96. The summed E-state index contributed by atoms with van der Waals surface area (Å²) in [7, 11) is 1.64. The minimum atomic E-state index is 0.215. The molecule has 0 atom stereocenters. The van der Waals surface area contributed by atoms with Crippen molar-refractivity contribution in [1.82, 2.24) is 4.57 Å². The Morgan fingerprint density at radius 2 is 1.83 bits per heavy atom. The third kappa shape index (κ3) is 6.01. The number of hydrogen-bond acceptors (Lipinski definition) is 5. The van der Waals surface area contributed by atoms with Crippen molar-refractivity contribution in [3.8, 4) is 11.6 Å². The molecule has 148 valence electrons. The number of allylic oxidation sites excluding steroid dienone is 3. The fourth-order valence-corrected chi connectivity index (χ4v) is 3.93. The summed E-state index contributed by atoms with van der Waals surface area (Å²) in [5, 5.41) is 10.5. The Morgan fingerprint density at radius 3 is 2.55 bits per heavy atom. The zero-order chi connectivity index (χ0) is 20.5. The minimum absolute atomic E-state index is 0.215. The molecule has 6 heteroatoms. The lowest BCUT2D eigenvalue weighted by atomic mass is 10.1. The lowest BCUT2D eigenvalue weighted by Gasteiger charge is -2.04. The molecule has 0 saturated heterocycles. The monoisotopic (exact) mass is 422 g/mol. The van der Waals surface area contributed by atoms with Crippen LogP contribution < -0.4 is 4.74 Å². The lowest BCUT2D eigenvalue weighted by Crippen LogP contribution is -2.00. The van der Waals surface area contributed by atoms with E-state index in [0.29, 0.717) is 10.5 Å². The van der Waals surface area contributed by atoms with E-state index in [4.69, 9.17) is 17.0 Å². The average Bonchev–Trinajstić information content (AvgIpc) is 3.03. The molecule has 3 rings (SSSR count). The maximum Gasteiger partial charge on any atom is 0.210 e. The Morgan fingerprint density at radius 1 is 1.07 bits per heavy atom. The molecule has 3 aromatic rings. The van der Waals surface area contributed by atoms with Gasteiger partial charge in [-0.3, -0.25) is 9.56 Å². The molecule has 4 nitrogen and oxygen atoms in total. The Labute approximate surface area is 179 Å². The maximum absolute atomic E-state index is 10.5. The molecular formula is C23H22N2O2S2. The second-order valence-electron chi connectivity index (χ2n) is 6.16. The standard InChI is InChI=1S/C23H22N2O2S2/c1-27-20-13-11-19(12-14-20)24-16-7-3-6-10-21-22(26)25(23(28)29-21)17-15-18-8-4-2-5-9-18/h2-14,16,26H,15,17H2,1H3. The van der Waals surface area contributed by atoms with Crippen molar-refractivity contribution in [2.24, 2.45) is 4.99 Å². The molecule has 1 heterocycles. The van der Waals surface area contributed by atoms with Gasteiger partial charge in [0.1, 0.15) is 5.75 Å². The van der Waals surface area contributed by atoms with Crippen molar-refractivity contribution < 1.29 is 9.84 Å². The van der Waals surface area contributed by atoms with E-state index in [1.165, 1.54) is 16.9 Å². The number of thiazole rings is 1. The van der Waals surface area contributed by atoms with E-state index in [1.807, 2.05) is 66.8 Å². The topological polar surface area (TPSA) is 46.8 Å². The number of aliphatic imine (C=N–C) groups is 1. The molecule has 0 aliphatic carbocycles. The van der Waals surface area contributed by atoms with E-state index in [2.05, 4.69) is 17.1 Å². The molecule has 1 N–H and O–H groups in total. The highest BCUT2D eigenvalue weighted by molar-refractivity contribution is 7.73. The molecule has 0 aliphatic rings. The van der Waals surface area contributed by atoms with Crippen LogP contribution in [-0.4, -0.2) is 23.0 Å². The molecule has 0 unspecified atom stereocenters. The fourth-order valence-electron chi connectivity index (χ4n) is 2.66. The van der Waals surface area contributed by atoms with Crippen LogP contribution in [0.2, 0.25) is 0 Å². The van der Waals surface area contributed by atoms with Gasteiger partial charge in [0, 0.05) is 12.8 Å². The number of aromatic nitrogens is 1. The van der Waals surface area contributed by atoms with Gasteiger partial charge in [-0.2, -0.15) is 0 Å². The van der Waals surface area contributed by atoms with Crippen molar-refractivity contribution in [1.29, 1.82) is 0 Å². The quantitative estimate of drug-likeness (QED) is 0.267. The first kappa shape index (κ1) is 20.8. The van der Waals surface area contributed by atoms with Crippen LogP contribution in [0.4, 0.5) is 5.69 Å². The van der Waals surface area contributed by atoms with E-state index >= 15 is 0 Å². The third-order valence-electron chi connectivity index (χ3n) is 4.21. The predicted octanol–water partition coefficient (Wildman–Crippen LogP) is 6.21. The summed E-state index contributed by atoms with van der Waals surface area (Å²) >= 11 is 6.81. The van der Waals surface area contributed by atoms with Crippen molar-refractivity contribution in [3.63, 3.8) is 0 Å².